The number of Topliss-reactive ketones (excluding diaryl/α,β-unsaturated/α-hetero) is 1. The maximum Gasteiger partial charge on any atom is 0.141 e. The minimum absolute atomic E-state index is 0.175. The number of hydrogen-bond donors (Lipinski definition) is 0. The topological polar surface area (TPSA) is 44.1 Å². The molecule has 0 aliphatic heterocycles. The maximum absolute atomic E-state index is 12.2. The van der Waals surface area contributed by atoms with E-state index in [9.17, 15) is 4.79 Å². The van der Waals surface area contributed by atoms with Gasteiger partial charge in [0.2, 0.25) is 0 Å². The van der Waals surface area contributed by atoms with Gasteiger partial charge < -0.3 is 4.74 Å². The summed E-state index contributed by atoms with van der Waals surface area (Å²) < 4.78 is 7.21. The van der Waals surface area contributed by atoms with Gasteiger partial charge in [0.25, 0.3) is 0 Å². The lowest BCUT2D eigenvalue weighted by atomic mass is 9.76. The molecule has 0 unspecified atom stereocenters. The van der Waals surface area contributed by atoms with Crippen LogP contribution in [-0.2, 0) is 29.4 Å². The second kappa shape index (κ2) is 5.63. The van der Waals surface area contributed by atoms with E-state index in [4.69, 9.17) is 16.3 Å². The number of carbonyl (C=O) groups excluding carboxylic acids is 1. The van der Waals surface area contributed by atoms with Crippen LogP contribution in [0.4, 0.5) is 0 Å². The van der Waals surface area contributed by atoms with Crippen LogP contribution in [0, 0.1) is 0 Å². The predicted molar refractivity (Wildman–Crippen MR) is 74.5 cm³/mol. The van der Waals surface area contributed by atoms with Gasteiger partial charge in [-0.05, 0) is 25.7 Å². The Hall–Kier alpha value is -0.870. The van der Waals surface area contributed by atoms with Gasteiger partial charge in [0.1, 0.15) is 5.78 Å². The molecule has 19 heavy (non-hydrogen) atoms. The van der Waals surface area contributed by atoms with Crippen molar-refractivity contribution in [1.29, 1.82) is 0 Å². The summed E-state index contributed by atoms with van der Waals surface area (Å²) in [5, 5.41) is 4.97. The van der Waals surface area contributed by atoms with E-state index in [0.717, 1.165) is 37.1 Å². The van der Waals surface area contributed by atoms with E-state index in [1.54, 1.807) is 11.8 Å². The first kappa shape index (κ1) is 14.5. The molecule has 2 rings (SSSR count). The zero-order valence-corrected chi connectivity index (χ0v) is 12.6. The third-order valence-electron chi connectivity index (χ3n) is 4.08. The largest absolute Gasteiger partial charge is 0.378 e. The minimum atomic E-state index is -0.213. The molecule has 106 valence electrons. The van der Waals surface area contributed by atoms with Gasteiger partial charge >= 0.3 is 0 Å². The molecular weight excluding hydrogens is 264 g/mol. The monoisotopic (exact) mass is 284 g/mol. The molecule has 1 fully saturated rings. The summed E-state index contributed by atoms with van der Waals surface area (Å²) in [4.78, 5) is 12.2. The second-order valence-electron chi connectivity index (χ2n) is 5.32. The first-order valence-corrected chi connectivity index (χ1v) is 7.16. The molecule has 0 aromatic carbocycles. The highest BCUT2D eigenvalue weighted by Gasteiger charge is 2.39. The average molecular weight is 285 g/mol. The quantitative estimate of drug-likeness (QED) is 0.807. The van der Waals surface area contributed by atoms with Crippen molar-refractivity contribution in [2.75, 3.05) is 7.11 Å². The molecule has 1 aromatic heterocycles. The van der Waals surface area contributed by atoms with Gasteiger partial charge in [-0.25, -0.2) is 0 Å². The molecule has 0 atom stereocenters. The lowest BCUT2D eigenvalue weighted by molar-refractivity contribution is -0.131. The molecule has 0 spiro atoms. The van der Waals surface area contributed by atoms with Gasteiger partial charge in [0.05, 0.1) is 22.0 Å². The summed E-state index contributed by atoms with van der Waals surface area (Å²) in [6.07, 6.45) is 4.71. The Labute approximate surface area is 119 Å². The van der Waals surface area contributed by atoms with Crippen molar-refractivity contribution in [3.05, 3.63) is 16.4 Å². The summed E-state index contributed by atoms with van der Waals surface area (Å²) in [5.74, 6) is 0.175. The summed E-state index contributed by atoms with van der Waals surface area (Å²) in [5.41, 5.74) is 1.46. The summed E-state index contributed by atoms with van der Waals surface area (Å²) in [6, 6.07) is 0. The fourth-order valence-electron chi connectivity index (χ4n) is 2.64. The van der Waals surface area contributed by atoms with E-state index in [-0.39, 0.29) is 11.4 Å². The normalized spacial score (nSPS) is 17.3. The molecule has 1 heterocycles. The van der Waals surface area contributed by atoms with Gasteiger partial charge in [-0.2, -0.15) is 5.10 Å². The van der Waals surface area contributed by atoms with Gasteiger partial charge in [-0.1, -0.05) is 18.5 Å². The standard InChI is InChI=1S/C14H21ClN2O2/c1-4-11-13(15)12(17(2)16-11)8-10(18)9-14(19-3)6-5-7-14/h4-9H2,1-3H3. The fraction of sp³-hybridized carbons (Fsp3) is 0.714. The molecule has 4 nitrogen and oxygen atoms in total. The molecule has 5 heteroatoms. The predicted octanol–water partition coefficient (Wildman–Crippen LogP) is 2.71. The zero-order valence-electron chi connectivity index (χ0n) is 11.8. The lowest BCUT2D eigenvalue weighted by Gasteiger charge is -2.40. The average Bonchev–Trinajstić information content (AvgIpc) is 2.61. The molecule has 1 saturated carbocycles. The number of ketones is 1. The number of aryl methyl sites for hydroxylation is 2. The number of rotatable bonds is 6. The van der Waals surface area contributed by atoms with Crippen LogP contribution in [0.25, 0.3) is 0 Å². The van der Waals surface area contributed by atoms with E-state index in [1.165, 1.54) is 0 Å². The molecular formula is C14H21ClN2O2. The number of ether oxygens (including phenoxy) is 1. The second-order valence-corrected chi connectivity index (χ2v) is 5.70. The number of carbonyl (C=O) groups is 1. The van der Waals surface area contributed by atoms with Crippen LogP contribution in [0.3, 0.4) is 0 Å². The number of hydrogen-bond acceptors (Lipinski definition) is 3. The van der Waals surface area contributed by atoms with Crippen LogP contribution < -0.4 is 0 Å². The number of methoxy groups -OCH3 is 1. The van der Waals surface area contributed by atoms with Crippen LogP contribution in [0.1, 0.15) is 44.0 Å². The Kier molecular flexibility index (Phi) is 4.31. The number of halogens is 1. The van der Waals surface area contributed by atoms with Crippen molar-refractivity contribution in [1.82, 2.24) is 9.78 Å². The van der Waals surface area contributed by atoms with Crippen molar-refractivity contribution >= 4 is 17.4 Å². The van der Waals surface area contributed by atoms with Gasteiger partial charge in [-0.3, -0.25) is 9.48 Å². The van der Waals surface area contributed by atoms with E-state index in [0.29, 0.717) is 17.9 Å². The van der Waals surface area contributed by atoms with Crippen molar-refractivity contribution in [2.24, 2.45) is 7.05 Å². The third-order valence-corrected chi connectivity index (χ3v) is 4.52. The Morgan fingerprint density at radius 3 is 2.63 bits per heavy atom. The van der Waals surface area contributed by atoms with E-state index in [1.807, 2.05) is 14.0 Å². The molecule has 1 aliphatic carbocycles. The highest BCUT2D eigenvalue weighted by atomic mass is 35.5. The van der Waals surface area contributed by atoms with Gasteiger partial charge in [0, 0.05) is 27.0 Å². The highest BCUT2D eigenvalue weighted by molar-refractivity contribution is 6.32. The molecule has 1 aromatic rings. The smallest absolute Gasteiger partial charge is 0.141 e. The summed E-state index contributed by atoms with van der Waals surface area (Å²) in [6.45, 7) is 2.01. The molecule has 0 bridgehead atoms. The van der Waals surface area contributed by atoms with Crippen molar-refractivity contribution in [3.8, 4) is 0 Å². The Bertz CT molecular complexity index is 473. The summed E-state index contributed by atoms with van der Waals surface area (Å²) >= 11 is 6.26. The summed E-state index contributed by atoms with van der Waals surface area (Å²) in [7, 11) is 3.53. The van der Waals surface area contributed by atoms with E-state index >= 15 is 0 Å². The van der Waals surface area contributed by atoms with Crippen molar-refractivity contribution in [2.45, 2.75) is 51.0 Å². The lowest BCUT2D eigenvalue weighted by Crippen LogP contribution is -2.41. The van der Waals surface area contributed by atoms with Crippen LogP contribution in [0.15, 0.2) is 0 Å². The van der Waals surface area contributed by atoms with E-state index < -0.39 is 0 Å². The van der Waals surface area contributed by atoms with Gasteiger partial charge in [0.15, 0.2) is 0 Å². The fourth-order valence-corrected chi connectivity index (χ4v) is 3.01. The van der Waals surface area contributed by atoms with Crippen molar-refractivity contribution < 1.29 is 9.53 Å². The van der Waals surface area contributed by atoms with Gasteiger partial charge in [-0.15, -0.1) is 0 Å². The molecule has 0 amide bonds. The van der Waals surface area contributed by atoms with Crippen LogP contribution in [-0.4, -0.2) is 28.3 Å². The molecule has 0 saturated heterocycles. The maximum atomic E-state index is 12.2. The first-order chi connectivity index (χ1) is 9.01. The molecule has 1 aliphatic rings. The Morgan fingerprint density at radius 2 is 2.21 bits per heavy atom. The SMILES string of the molecule is CCc1nn(C)c(CC(=O)CC2(OC)CCC2)c1Cl. The first-order valence-electron chi connectivity index (χ1n) is 6.78. The third kappa shape index (κ3) is 2.84. The molecule has 0 N–H and O–H groups in total. The molecule has 0 radical (unpaired) electrons. The highest BCUT2D eigenvalue weighted by Crippen LogP contribution is 2.38. The van der Waals surface area contributed by atoms with Crippen LogP contribution >= 0.6 is 11.6 Å². The van der Waals surface area contributed by atoms with Crippen LogP contribution in [0.5, 0.6) is 0 Å². The van der Waals surface area contributed by atoms with Crippen LogP contribution in [0.2, 0.25) is 5.02 Å². The van der Waals surface area contributed by atoms with Crippen molar-refractivity contribution in [3.63, 3.8) is 0 Å². The zero-order chi connectivity index (χ0) is 14.0. The number of aromatic nitrogens is 2. The van der Waals surface area contributed by atoms with E-state index in [2.05, 4.69) is 5.10 Å². The Balaban J connectivity index is 2.05. The minimum Gasteiger partial charge on any atom is -0.378 e. The number of nitrogens with zero attached hydrogens (tertiary/aromatic N) is 2. The Morgan fingerprint density at radius 1 is 1.53 bits per heavy atom.